The second-order valence-electron chi connectivity index (χ2n) is 4.74. The lowest BCUT2D eigenvalue weighted by atomic mass is 10.0. The standard InChI is InChI=1S/C15H17NO2S/c1-10(2)12-4-6-13(7-5-12)14(17)9-19-15-16-11(3)8-18-15/h4-8,10H,9H2,1-3H3. The van der Waals surface area contributed by atoms with Gasteiger partial charge < -0.3 is 4.42 Å². The van der Waals surface area contributed by atoms with Crippen LogP contribution in [0.25, 0.3) is 0 Å². The quantitative estimate of drug-likeness (QED) is 0.609. The molecule has 1 aromatic heterocycles. The largest absolute Gasteiger partial charge is 0.440 e. The van der Waals surface area contributed by atoms with E-state index < -0.39 is 0 Å². The highest BCUT2D eigenvalue weighted by molar-refractivity contribution is 7.99. The van der Waals surface area contributed by atoms with Gasteiger partial charge in [-0.05, 0) is 18.4 Å². The number of carbonyl (C=O) groups excluding carboxylic acids is 1. The van der Waals surface area contributed by atoms with E-state index in [-0.39, 0.29) is 5.78 Å². The van der Waals surface area contributed by atoms with Crippen molar-refractivity contribution in [3.05, 3.63) is 47.3 Å². The van der Waals surface area contributed by atoms with Crippen LogP contribution in [0.15, 0.2) is 40.2 Å². The molecular weight excluding hydrogens is 258 g/mol. The van der Waals surface area contributed by atoms with Gasteiger partial charge in [-0.15, -0.1) is 0 Å². The summed E-state index contributed by atoms with van der Waals surface area (Å²) in [6.45, 7) is 6.13. The maximum Gasteiger partial charge on any atom is 0.256 e. The molecule has 2 aromatic rings. The maximum atomic E-state index is 12.0. The highest BCUT2D eigenvalue weighted by Crippen LogP contribution is 2.19. The lowest BCUT2D eigenvalue weighted by Gasteiger charge is -2.05. The zero-order chi connectivity index (χ0) is 13.8. The van der Waals surface area contributed by atoms with Gasteiger partial charge in [-0.2, -0.15) is 0 Å². The fourth-order valence-electron chi connectivity index (χ4n) is 1.66. The van der Waals surface area contributed by atoms with E-state index in [1.54, 1.807) is 6.26 Å². The second kappa shape index (κ2) is 6.06. The van der Waals surface area contributed by atoms with Crippen LogP contribution in [0.3, 0.4) is 0 Å². The number of aromatic nitrogens is 1. The van der Waals surface area contributed by atoms with Crippen LogP contribution < -0.4 is 0 Å². The fourth-order valence-corrected chi connectivity index (χ4v) is 2.41. The molecule has 19 heavy (non-hydrogen) atoms. The Morgan fingerprint density at radius 1 is 1.32 bits per heavy atom. The van der Waals surface area contributed by atoms with E-state index in [1.807, 2.05) is 31.2 Å². The molecule has 3 nitrogen and oxygen atoms in total. The SMILES string of the molecule is Cc1coc(SCC(=O)c2ccc(C(C)C)cc2)n1. The van der Waals surface area contributed by atoms with Crippen molar-refractivity contribution < 1.29 is 9.21 Å². The van der Waals surface area contributed by atoms with Crippen molar-refractivity contribution in [3.8, 4) is 0 Å². The van der Waals surface area contributed by atoms with Crippen LogP contribution in [-0.2, 0) is 0 Å². The number of nitrogens with zero attached hydrogens (tertiary/aromatic N) is 1. The summed E-state index contributed by atoms with van der Waals surface area (Å²) in [4.78, 5) is 16.2. The van der Waals surface area contributed by atoms with E-state index in [0.29, 0.717) is 16.9 Å². The number of aryl methyl sites for hydroxylation is 1. The summed E-state index contributed by atoms with van der Waals surface area (Å²) in [7, 11) is 0. The zero-order valence-corrected chi connectivity index (χ0v) is 12.2. The maximum absolute atomic E-state index is 12.0. The second-order valence-corrected chi connectivity index (χ2v) is 5.67. The minimum absolute atomic E-state index is 0.0937. The molecule has 0 aliphatic carbocycles. The first-order valence-electron chi connectivity index (χ1n) is 6.24. The van der Waals surface area contributed by atoms with Crippen molar-refractivity contribution in [2.45, 2.75) is 31.9 Å². The Bertz CT molecular complexity index is 558. The zero-order valence-electron chi connectivity index (χ0n) is 11.3. The number of Topliss-reactive ketones (excluding diaryl/α,β-unsaturated/α-hetero) is 1. The van der Waals surface area contributed by atoms with Gasteiger partial charge in [0.25, 0.3) is 5.22 Å². The van der Waals surface area contributed by atoms with Crippen LogP contribution >= 0.6 is 11.8 Å². The van der Waals surface area contributed by atoms with Crippen molar-refractivity contribution in [2.24, 2.45) is 0 Å². The number of ketones is 1. The van der Waals surface area contributed by atoms with Gasteiger partial charge in [-0.25, -0.2) is 4.98 Å². The molecule has 0 aliphatic rings. The number of hydrogen-bond donors (Lipinski definition) is 0. The molecule has 1 heterocycles. The van der Waals surface area contributed by atoms with E-state index in [0.717, 1.165) is 11.3 Å². The topological polar surface area (TPSA) is 43.1 Å². The highest BCUT2D eigenvalue weighted by atomic mass is 32.2. The van der Waals surface area contributed by atoms with E-state index in [1.165, 1.54) is 17.3 Å². The third-order valence-corrected chi connectivity index (χ3v) is 3.66. The molecule has 100 valence electrons. The van der Waals surface area contributed by atoms with Crippen LogP contribution in [0.1, 0.15) is 41.4 Å². The number of rotatable bonds is 5. The minimum Gasteiger partial charge on any atom is -0.440 e. The highest BCUT2D eigenvalue weighted by Gasteiger charge is 2.10. The molecule has 0 unspecified atom stereocenters. The third kappa shape index (κ3) is 3.70. The number of oxazole rings is 1. The molecule has 0 spiro atoms. The predicted octanol–water partition coefficient (Wildman–Crippen LogP) is 4.08. The van der Waals surface area contributed by atoms with Gasteiger partial charge in [0.05, 0.1) is 11.4 Å². The molecule has 0 aliphatic heterocycles. The van der Waals surface area contributed by atoms with Crippen molar-refractivity contribution >= 4 is 17.5 Å². The normalized spacial score (nSPS) is 10.9. The molecule has 0 amide bonds. The van der Waals surface area contributed by atoms with E-state index >= 15 is 0 Å². The number of hydrogen-bond acceptors (Lipinski definition) is 4. The van der Waals surface area contributed by atoms with Crippen LogP contribution in [0.4, 0.5) is 0 Å². The molecule has 0 saturated carbocycles. The summed E-state index contributed by atoms with van der Waals surface area (Å²) in [6.07, 6.45) is 1.59. The fraction of sp³-hybridized carbons (Fsp3) is 0.333. The van der Waals surface area contributed by atoms with Gasteiger partial charge in [0.2, 0.25) is 0 Å². The Kier molecular flexibility index (Phi) is 4.43. The summed E-state index contributed by atoms with van der Waals surface area (Å²) in [5, 5.41) is 0.546. The van der Waals surface area contributed by atoms with Crippen LogP contribution in [0.2, 0.25) is 0 Å². The summed E-state index contributed by atoms with van der Waals surface area (Å²) < 4.78 is 5.20. The smallest absolute Gasteiger partial charge is 0.256 e. The van der Waals surface area contributed by atoms with Gasteiger partial charge in [-0.1, -0.05) is 49.9 Å². The molecular formula is C15H17NO2S. The Balaban J connectivity index is 1.96. The molecule has 0 radical (unpaired) electrons. The van der Waals surface area contributed by atoms with Gasteiger partial charge in [-0.3, -0.25) is 4.79 Å². The van der Waals surface area contributed by atoms with Crippen LogP contribution in [-0.4, -0.2) is 16.5 Å². The Labute approximate surface area is 117 Å². The molecule has 0 atom stereocenters. The van der Waals surface area contributed by atoms with Crippen molar-refractivity contribution in [1.29, 1.82) is 0 Å². The molecule has 1 aromatic carbocycles. The first kappa shape index (κ1) is 13.9. The molecule has 4 heteroatoms. The Hall–Kier alpha value is -1.55. The summed E-state index contributed by atoms with van der Waals surface area (Å²) >= 11 is 1.33. The van der Waals surface area contributed by atoms with E-state index in [2.05, 4.69) is 18.8 Å². The average molecular weight is 275 g/mol. The lowest BCUT2D eigenvalue weighted by molar-refractivity contribution is 0.102. The van der Waals surface area contributed by atoms with Crippen molar-refractivity contribution in [2.75, 3.05) is 5.75 Å². The molecule has 0 N–H and O–H groups in total. The van der Waals surface area contributed by atoms with E-state index in [9.17, 15) is 4.79 Å². The molecule has 0 saturated heterocycles. The van der Waals surface area contributed by atoms with Gasteiger partial charge in [0.1, 0.15) is 6.26 Å². The third-order valence-electron chi connectivity index (χ3n) is 2.82. The van der Waals surface area contributed by atoms with Crippen LogP contribution in [0.5, 0.6) is 0 Å². The monoisotopic (exact) mass is 275 g/mol. The Morgan fingerprint density at radius 3 is 2.53 bits per heavy atom. The summed E-state index contributed by atoms with van der Waals surface area (Å²) in [5.74, 6) is 0.922. The first-order chi connectivity index (χ1) is 9.06. The number of benzene rings is 1. The minimum atomic E-state index is 0.0937. The lowest BCUT2D eigenvalue weighted by Crippen LogP contribution is -2.02. The number of thioether (sulfide) groups is 1. The number of carbonyl (C=O) groups is 1. The molecule has 0 bridgehead atoms. The van der Waals surface area contributed by atoms with Crippen molar-refractivity contribution in [1.82, 2.24) is 4.98 Å². The first-order valence-corrected chi connectivity index (χ1v) is 7.23. The van der Waals surface area contributed by atoms with Crippen LogP contribution in [0, 0.1) is 6.92 Å². The molecule has 2 rings (SSSR count). The summed E-state index contributed by atoms with van der Waals surface area (Å²) in [6, 6.07) is 7.80. The van der Waals surface area contributed by atoms with Gasteiger partial charge in [0, 0.05) is 5.56 Å². The van der Waals surface area contributed by atoms with Gasteiger partial charge in [0.15, 0.2) is 5.78 Å². The van der Waals surface area contributed by atoms with Crippen molar-refractivity contribution in [3.63, 3.8) is 0 Å². The average Bonchev–Trinajstić information content (AvgIpc) is 2.82. The summed E-state index contributed by atoms with van der Waals surface area (Å²) in [5.41, 5.74) is 2.81. The van der Waals surface area contributed by atoms with Gasteiger partial charge >= 0.3 is 0 Å². The Morgan fingerprint density at radius 2 is 2.00 bits per heavy atom. The van der Waals surface area contributed by atoms with E-state index in [4.69, 9.17) is 4.42 Å². The molecule has 0 fully saturated rings. The predicted molar refractivity (Wildman–Crippen MR) is 76.8 cm³/mol.